The SMILES string of the molecule is C[C@H](Sc1nc2ccc(NC(=O)c3ccccc3F)cc2s1)C(=O)Nc1nccs1. The van der Waals surface area contributed by atoms with Crippen LogP contribution in [0.5, 0.6) is 0 Å². The fourth-order valence-corrected chi connectivity index (χ4v) is 5.35. The Kier molecular flexibility index (Phi) is 6.07. The lowest BCUT2D eigenvalue weighted by Gasteiger charge is -2.07. The lowest BCUT2D eigenvalue weighted by atomic mass is 10.2. The molecule has 0 aliphatic heterocycles. The summed E-state index contributed by atoms with van der Waals surface area (Å²) < 4.78 is 15.4. The van der Waals surface area contributed by atoms with Crippen molar-refractivity contribution in [2.75, 3.05) is 10.6 Å². The monoisotopic (exact) mass is 458 g/mol. The Morgan fingerprint density at radius 2 is 2.00 bits per heavy atom. The summed E-state index contributed by atoms with van der Waals surface area (Å²) in [6.07, 6.45) is 1.63. The molecule has 4 aromatic rings. The molecule has 0 radical (unpaired) electrons. The zero-order valence-corrected chi connectivity index (χ0v) is 18.0. The molecule has 10 heteroatoms. The van der Waals surface area contributed by atoms with Crippen LogP contribution in [0.1, 0.15) is 17.3 Å². The topological polar surface area (TPSA) is 84.0 Å². The quantitative estimate of drug-likeness (QED) is 0.385. The standard InChI is InChI=1S/C20H15FN4O2S3/c1-11(17(26)25-19-22-8-9-28-19)29-20-24-15-7-6-12(10-16(15)30-20)23-18(27)13-4-2-3-5-14(13)21/h2-11H,1H3,(H,23,27)(H,22,25,26)/t11-/m0/s1. The number of thiazole rings is 2. The van der Waals surface area contributed by atoms with E-state index in [4.69, 9.17) is 0 Å². The van der Waals surface area contributed by atoms with E-state index in [2.05, 4.69) is 20.6 Å². The van der Waals surface area contributed by atoms with Crippen molar-refractivity contribution >= 4 is 67.3 Å². The molecule has 0 aliphatic rings. The number of carbonyl (C=O) groups is 2. The summed E-state index contributed by atoms with van der Waals surface area (Å²) >= 11 is 4.14. The average Bonchev–Trinajstić information content (AvgIpc) is 3.37. The summed E-state index contributed by atoms with van der Waals surface area (Å²) in [7, 11) is 0. The molecule has 152 valence electrons. The highest BCUT2D eigenvalue weighted by atomic mass is 32.2. The number of carbonyl (C=O) groups excluding carboxylic acids is 2. The minimum atomic E-state index is -0.572. The van der Waals surface area contributed by atoms with Crippen molar-refractivity contribution in [1.29, 1.82) is 0 Å². The van der Waals surface area contributed by atoms with Crippen LogP contribution in [0.25, 0.3) is 10.2 Å². The summed E-state index contributed by atoms with van der Waals surface area (Å²) in [5.41, 5.74) is 1.29. The first-order valence-corrected chi connectivity index (χ1v) is 11.4. The fraction of sp³-hybridized carbons (Fsp3) is 0.100. The molecule has 0 fully saturated rings. The van der Waals surface area contributed by atoms with Gasteiger partial charge >= 0.3 is 0 Å². The van der Waals surface area contributed by atoms with Crippen LogP contribution in [0.2, 0.25) is 0 Å². The molecule has 0 aliphatic carbocycles. The highest BCUT2D eigenvalue weighted by Gasteiger charge is 2.18. The van der Waals surface area contributed by atoms with Gasteiger partial charge in [0.2, 0.25) is 5.91 Å². The van der Waals surface area contributed by atoms with Crippen molar-refractivity contribution in [3.8, 4) is 0 Å². The Bertz CT molecular complexity index is 1210. The zero-order valence-electron chi connectivity index (χ0n) is 15.6. The van der Waals surface area contributed by atoms with Gasteiger partial charge in [0.05, 0.1) is 21.0 Å². The van der Waals surface area contributed by atoms with Gasteiger partial charge in [-0.2, -0.15) is 0 Å². The van der Waals surface area contributed by atoms with Crippen LogP contribution < -0.4 is 10.6 Å². The first-order chi connectivity index (χ1) is 14.5. The van der Waals surface area contributed by atoms with Gasteiger partial charge in [-0.25, -0.2) is 14.4 Å². The highest BCUT2D eigenvalue weighted by molar-refractivity contribution is 8.02. The van der Waals surface area contributed by atoms with Gasteiger partial charge in [0.25, 0.3) is 5.91 Å². The number of hydrogen-bond acceptors (Lipinski definition) is 7. The molecule has 0 bridgehead atoms. The van der Waals surface area contributed by atoms with E-state index >= 15 is 0 Å². The minimum absolute atomic E-state index is 0.0155. The number of benzene rings is 2. The van der Waals surface area contributed by atoms with Crippen molar-refractivity contribution in [2.24, 2.45) is 0 Å². The van der Waals surface area contributed by atoms with E-state index in [-0.39, 0.29) is 16.7 Å². The van der Waals surface area contributed by atoms with Gasteiger partial charge in [-0.05, 0) is 37.3 Å². The second-order valence-electron chi connectivity index (χ2n) is 6.18. The molecule has 1 atom stereocenters. The van der Waals surface area contributed by atoms with E-state index in [1.165, 1.54) is 52.6 Å². The Morgan fingerprint density at radius 1 is 1.17 bits per heavy atom. The number of hydrogen-bond donors (Lipinski definition) is 2. The van der Waals surface area contributed by atoms with Crippen LogP contribution >= 0.6 is 34.4 Å². The predicted molar refractivity (Wildman–Crippen MR) is 120 cm³/mol. The smallest absolute Gasteiger partial charge is 0.258 e. The molecular weight excluding hydrogens is 443 g/mol. The molecule has 0 saturated heterocycles. The molecule has 2 aromatic heterocycles. The third kappa shape index (κ3) is 4.66. The number of amides is 2. The van der Waals surface area contributed by atoms with E-state index in [1.807, 2.05) is 0 Å². The predicted octanol–water partition coefficient (Wildman–Crippen LogP) is 5.26. The van der Waals surface area contributed by atoms with Crippen molar-refractivity contribution in [1.82, 2.24) is 9.97 Å². The van der Waals surface area contributed by atoms with Crippen molar-refractivity contribution in [2.45, 2.75) is 16.5 Å². The lowest BCUT2D eigenvalue weighted by molar-refractivity contribution is -0.115. The number of fused-ring (bicyclic) bond motifs is 1. The zero-order chi connectivity index (χ0) is 21.1. The summed E-state index contributed by atoms with van der Waals surface area (Å²) in [4.78, 5) is 33.2. The Morgan fingerprint density at radius 3 is 2.77 bits per heavy atom. The maximum atomic E-state index is 13.8. The fourth-order valence-electron chi connectivity index (χ4n) is 2.57. The van der Waals surface area contributed by atoms with Crippen LogP contribution in [0.4, 0.5) is 15.2 Å². The number of thioether (sulfide) groups is 1. The summed E-state index contributed by atoms with van der Waals surface area (Å²) in [5, 5.41) is 7.49. The summed E-state index contributed by atoms with van der Waals surface area (Å²) in [6, 6.07) is 11.1. The Labute approximate surface area is 183 Å². The minimum Gasteiger partial charge on any atom is -0.322 e. The number of halogens is 1. The highest BCUT2D eigenvalue weighted by Crippen LogP contribution is 2.34. The molecule has 2 N–H and O–H groups in total. The van der Waals surface area contributed by atoms with Crippen molar-refractivity contribution in [3.05, 3.63) is 65.4 Å². The third-order valence-corrected chi connectivity index (χ3v) is 6.96. The molecule has 2 aromatic carbocycles. The van der Waals surface area contributed by atoms with E-state index in [1.54, 1.807) is 42.8 Å². The van der Waals surface area contributed by atoms with Gasteiger partial charge in [-0.1, -0.05) is 23.9 Å². The van der Waals surface area contributed by atoms with Gasteiger partial charge < -0.3 is 10.6 Å². The van der Waals surface area contributed by atoms with Crippen molar-refractivity contribution in [3.63, 3.8) is 0 Å². The Balaban J connectivity index is 1.45. The maximum Gasteiger partial charge on any atom is 0.258 e. The maximum absolute atomic E-state index is 13.8. The van der Waals surface area contributed by atoms with Gasteiger partial charge in [0, 0.05) is 17.3 Å². The largest absolute Gasteiger partial charge is 0.322 e. The van der Waals surface area contributed by atoms with Crippen LogP contribution in [0, 0.1) is 5.82 Å². The van der Waals surface area contributed by atoms with Crippen LogP contribution in [-0.2, 0) is 4.79 Å². The van der Waals surface area contributed by atoms with E-state index in [9.17, 15) is 14.0 Å². The molecule has 2 amide bonds. The molecular formula is C20H15FN4O2S3. The number of nitrogens with one attached hydrogen (secondary N) is 2. The molecule has 0 spiro atoms. The number of anilines is 2. The number of nitrogens with zero attached hydrogens (tertiary/aromatic N) is 2. The first-order valence-electron chi connectivity index (χ1n) is 8.83. The van der Waals surface area contributed by atoms with Crippen LogP contribution in [0.3, 0.4) is 0 Å². The molecule has 0 saturated carbocycles. The van der Waals surface area contributed by atoms with Gasteiger partial charge in [-0.3, -0.25) is 9.59 Å². The van der Waals surface area contributed by atoms with Crippen LogP contribution in [-0.4, -0.2) is 27.0 Å². The molecule has 2 heterocycles. The van der Waals surface area contributed by atoms with E-state index < -0.39 is 11.7 Å². The second-order valence-corrected chi connectivity index (χ2v) is 9.70. The summed E-state index contributed by atoms with van der Waals surface area (Å²) in [5.74, 6) is -1.23. The average molecular weight is 459 g/mol. The first kappa shape index (κ1) is 20.5. The van der Waals surface area contributed by atoms with Gasteiger partial charge in [0.15, 0.2) is 9.47 Å². The second kappa shape index (κ2) is 8.90. The molecule has 0 unspecified atom stereocenters. The van der Waals surface area contributed by atoms with E-state index in [0.717, 1.165) is 14.6 Å². The normalized spacial score (nSPS) is 11.9. The lowest BCUT2D eigenvalue weighted by Crippen LogP contribution is -2.22. The summed E-state index contributed by atoms with van der Waals surface area (Å²) in [6.45, 7) is 1.81. The van der Waals surface area contributed by atoms with Crippen LogP contribution in [0.15, 0.2) is 58.4 Å². The molecule has 4 rings (SSSR count). The third-order valence-electron chi connectivity index (χ3n) is 4.05. The van der Waals surface area contributed by atoms with Gasteiger partial charge in [0.1, 0.15) is 5.82 Å². The Hall–Kier alpha value is -2.82. The van der Waals surface area contributed by atoms with Crippen molar-refractivity contribution < 1.29 is 14.0 Å². The molecule has 6 nitrogen and oxygen atoms in total. The van der Waals surface area contributed by atoms with E-state index in [0.29, 0.717) is 10.8 Å². The number of aromatic nitrogens is 2. The van der Waals surface area contributed by atoms with Gasteiger partial charge in [-0.15, -0.1) is 22.7 Å². The number of rotatable bonds is 6. The molecule has 30 heavy (non-hydrogen) atoms.